The van der Waals surface area contributed by atoms with Gasteiger partial charge in [-0.25, -0.2) is 18.2 Å². The monoisotopic (exact) mass is 592 g/mol. The first kappa shape index (κ1) is 26.5. The number of nitrogens with one attached hydrogen (secondary N) is 1. The van der Waals surface area contributed by atoms with Crippen LogP contribution in [-0.4, -0.2) is 52.3 Å². The van der Waals surface area contributed by atoms with Crippen LogP contribution in [-0.2, 0) is 10.0 Å². The molecule has 204 valence electrons. The van der Waals surface area contributed by atoms with Crippen molar-refractivity contribution in [1.29, 1.82) is 0 Å². The van der Waals surface area contributed by atoms with Gasteiger partial charge in [0, 0.05) is 52.5 Å². The molecule has 3 aromatic carbocycles. The molecule has 5 aromatic rings. The second-order valence-electron chi connectivity index (χ2n) is 9.63. The second kappa shape index (κ2) is 10.7. The lowest BCUT2D eigenvalue weighted by Crippen LogP contribution is -2.45. The molecule has 8 nitrogen and oxygen atoms in total. The maximum Gasteiger partial charge on any atom is 0.335 e. The van der Waals surface area contributed by atoms with Gasteiger partial charge in [0.1, 0.15) is 0 Å². The molecular weight excluding hydrogens is 568 g/mol. The van der Waals surface area contributed by atoms with Gasteiger partial charge in [-0.3, -0.25) is 4.40 Å². The van der Waals surface area contributed by atoms with Gasteiger partial charge in [0.2, 0.25) is 10.0 Å². The van der Waals surface area contributed by atoms with Crippen molar-refractivity contribution in [3.8, 4) is 22.5 Å². The van der Waals surface area contributed by atoms with Crippen molar-refractivity contribution in [3.05, 3.63) is 95.0 Å². The molecule has 11 heteroatoms. The molecule has 1 aliphatic heterocycles. The number of rotatable bonds is 7. The highest BCUT2D eigenvalue weighted by molar-refractivity contribution is 7.89. The van der Waals surface area contributed by atoms with E-state index in [-0.39, 0.29) is 16.5 Å². The van der Waals surface area contributed by atoms with Crippen LogP contribution in [0.2, 0.25) is 5.02 Å². The van der Waals surface area contributed by atoms with Crippen molar-refractivity contribution in [2.24, 2.45) is 0 Å². The number of anilines is 1. The zero-order valence-electron chi connectivity index (χ0n) is 21.2. The highest BCUT2D eigenvalue weighted by Crippen LogP contribution is 2.36. The number of hydrogen-bond donors (Lipinski definition) is 2. The number of thiazole rings is 1. The summed E-state index contributed by atoms with van der Waals surface area (Å²) in [5, 5.41) is 15.3. The molecular formula is C29H25ClN4O4S2. The van der Waals surface area contributed by atoms with Gasteiger partial charge in [0.25, 0.3) is 0 Å². The minimum absolute atomic E-state index is 0.0549. The molecule has 2 aromatic heterocycles. The van der Waals surface area contributed by atoms with Gasteiger partial charge in [0.05, 0.1) is 21.8 Å². The molecule has 1 atom stereocenters. The number of halogens is 1. The first-order valence-electron chi connectivity index (χ1n) is 12.7. The molecule has 40 heavy (non-hydrogen) atoms. The first-order chi connectivity index (χ1) is 19.3. The molecule has 0 amide bonds. The van der Waals surface area contributed by atoms with Crippen LogP contribution in [0.1, 0.15) is 23.2 Å². The number of carboxylic acid groups (broad SMARTS) is 1. The van der Waals surface area contributed by atoms with Crippen LogP contribution < -0.4 is 5.32 Å². The number of benzene rings is 3. The molecule has 1 saturated heterocycles. The van der Waals surface area contributed by atoms with Crippen molar-refractivity contribution in [3.63, 3.8) is 0 Å². The number of nitrogens with zero attached hydrogens (tertiary/aromatic N) is 3. The summed E-state index contributed by atoms with van der Waals surface area (Å²) in [5.41, 5.74) is 4.53. The number of aromatic carboxylic acids is 1. The highest BCUT2D eigenvalue weighted by atomic mass is 35.5. The quantitative estimate of drug-likeness (QED) is 0.228. The fraction of sp³-hybridized carbons (Fsp3) is 0.172. The van der Waals surface area contributed by atoms with E-state index < -0.39 is 16.0 Å². The fourth-order valence-corrected chi connectivity index (χ4v) is 7.42. The van der Waals surface area contributed by atoms with Crippen molar-refractivity contribution >= 4 is 49.6 Å². The van der Waals surface area contributed by atoms with Crippen LogP contribution in [0, 0.1) is 0 Å². The molecule has 6 rings (SSSR count). The Hall–Kier alpha value is -3.70. The van der Waals surface area contributed by atoms with E-state index in [0.717, 1.165) is 46.0 Å². The van der Waals surface area contributed by atoms with Crippen molar-refractivity contribution < 1.29 is 18.3 Å². The standard InChI is InChI=1S/C29H25ClN4O4S2/c30-22-10-12-25(13-11-22)40(37,38)33-14-2-5-24(18-33)31-23-4-1-3-21(17-23)27-26(32-29-34(27)15-16-39-29)19-6-8-20(9-7-19)28(35)36/h1,3-4,6-13,15-17,24,31H,2,5,14,18H2,(H,35,36)/t24-/m1/s1. The SMILES string of the molecule is O=C(O)c1ccc(-c2nc3sccn3c2-c2cccc(N[C@@H]3CCCN(S(=O)(=O)c4ccc(Cl)cc4)C3)c2)cc1. The summed E-state index contributed by atoms with van der Waals surface area (Å²) in [7, 11) is -3.62. The first-order valence-corrected chi connectivity index (χ1v) is 15.4. The third-order valence-corrected chi connectivity index (χ3v) is 9.90. The number of hydrogen-bond acceptors (Lipinski definition) is 6. The Morgan fingerprint density at radius 1 is 1.05 bits per heavy atom. The summed E-state index contributed by atoms with van der Waals surface area (Å²) in [4.78, 5) is 17.2. The normalized spacial score (nSPS) is 16.3. The van der Waals surface area contributed by atoms with Gasteiger partial charge >= 0.3 is 5.97 Å². The fourth-order valence-electron chi connectivity index (χ4n) is 5.06. The zero-order chi connectivity index (χ0) is 27.9. The van der Waals surface area contributed by atoms with Crippen LogP contribution in [0.15, 0.2) is 89.3 Å². The van der Waals surface area contributed by atoms with Gasteiger partial charge < -0.3 is 10.4 Å². The highest BCUT2D eigenvalue weighted by Gasteiger charge is 2.30. The van der Waals surface area contributed by atoms with E-state index in [1.165, 1.54) is 15.6 Å². The molecule has 1 aliphatic rings. The molecule has 1 fully saturated rings. The topological polar surface area (TPSA) is 104 Å². The lowest BCUT2D eigenvalue weighted by Gasteiger charge is -2.33. The molecule has 3 heterocycles. The third kappa shape index (κ3) is 5.11. The Morgan fingerprint density at radius 3 is 2.58 bits per heavy atom. The van der Waals surface area contributed by atoms with Crippen molar-refractivity contribution in [2.45, 2.75) is 23.8 Å². The van der Waals surface area contributed by atoms with Crippen LogP contribution >= 0.6 is 22.9 Å². The Balaban J connectivity index is 1.27. The summed E-state index contributed by atoms with van der Waals surface area (Å²) in [5.74, 6) is -0.974. The van der Waals surface area contributed by atoms with Crippen LogP contribution in [0.5, 0.6) is 0 Å². The summed E-state index contributed by atoms with van der Waals surface area (Å²) in [6.07, 6.45) is 3.57. The second-order valence-corrected chi connectivity index (χ2v) is 12.9. The molecule has 0 spiro atoms. The van der Waals surface area contributed by atoms with E-state index in [1.54, 1.807) is 48.5 Å². The number of carboxylic acids is 1. The smallest absolute Gasteiger partial charge is 0.335 e. The third-order valence-electron chi connectivity index (χ3n) is 7.01. The minimum Gasteiger partial charge on any atom is -0.478 e. The maximum absolute atomic E-state index is 13.2. The maximum atomic E-state index is 13.2. The van der Waals surface area contributed by atoms with Gasteiger partial charge in [-0.1, -0.05) is 35.9 Å². The molecule has 0 unspecified atom stereocenters. The number of imidazole rings is 1. The summed E-state index contributed by atoms with van der Waals surface area (Å²) in [6.45, 7) is 0.830. The molecule has 0 saturated carbocycles. The van der Waals surface area contributed by atoms with E-state index in [4.69, 9.17) is 16.6 Å². The number of fused-ring (bicyclic) bond motifs is 1. The van der Waals surface area contributed by atoms with E-state index in [1.807, 2.05) is 40.2 Å². The average molecular weight is 593 g/mol. The van der Waals surface area contributed by atoms with E-state index in [2.05, 4.69) is 5.32 Å². The Bertz CT molecular complexity index is 1800. The number of carbonyl (C=O) groups is 1. The lowest BCUT2D eigenvalue weighted by molar-refractivity contribution is 0.0697. The summed E-state index contributed by atoms with van der Waals surface area (Å²) >= 11 is 7.48. The Kier molecular flexibility index (Phi) is 7.09. The predicted molar refractivity (Wildman–Crippen MR) is 158 cm³/mol. The Labute approximate surface area is 240 Å². The number of sulfonamides is 1. The van der Waals surface area contributed by atoms with Gasteiger partial charge in [0.15, 0.2) is 4.96 Å². The van der Waals surface area contributed by atoms with E-state index in [0.29, 0.717) is 18.1 Å². The number of aromatic nitrogens is 2. The zero-order valence-corrected chi connectivity index (χ0v) is 23.6. The van der Waals surface area contributed by atoms with Crippen LogP contribution in [0.25, 0.3) is 27.5 Å². The minimum atomic E-state index is -3.62. The van der Waals surface area contributed by atoms with Crippen molar-refractivity contribution in [2.75, 3.05) is 18.4 Å². The average Bonchev–Trinajstić information content (AvgIpc) is 3.55. The molecule has 2 N–H and O–H groups in total. The van der Waals surface area contributed by atoms with E-state index in [9.17, 15) is 18.3 Å². The predicted octanol–water partition coefficient (Wildman–Crippen LogP) is 6.35. The Morgan fingerprint density at radius 2 is 1.82 bits per heavy atom. The molecule has 0 radical (unpaired) electrons. The number of piperidine rings is 1. The van der Waals surface area contributed by atoms with Crippen LogP contribution in [0.4, 0.5) is 5.69 Å². The largest absolute Gasteiger partial charge is 0.478 e. The van der Waals surface area contributed by atoms with Gasteiger partial charge in [-0.05, 0) is 61.4 Å². The van der Waals surface area contributed by atoms with Crippen LogP contribution in [0.3, 0.4) is 0 Å². The molecule has 0 aliphatic carbocycles. The summed E-state index contributed by atoms with van der Waals surface area (Å²) in [6, 6.07) is 20.9. The molecule has 0 bridgehead atoms. The lowest BCUT2D eigenvalue weighted by atomic mass is 10.0. The van der Waals surface area contributed by atoms with Gasteiger partial charge in [-0.2, -0.15) is 4.31 Å². The summed E-state index contributed by atoms with van der Waals surface area (Å²) < 4.78 is 30.1. The van der Waals surface area contributed by atoms with E-state index >= 15 is 0 Å². The van der Waals surface area contributed by atoms with Crippen molar-refractivity contribution in [1.82, 2.24) is 13.7 Å². The van der Waals surface area contributed by atoms with Gasteiger partial charge in [-0.15, -0.1) is 11.3 Å².